The molecule has 0 aliphatic rings. The molecule has 98 valence electrons. The van der Waals surface area contributed by atoms with Crippen LogP contribution in [-0.2, 0) is 14.9 Å². The molecule has 1 unspecified atom stereocenters. The third-order valence-corrected chi connectivity index (χ3v) is 3.85. The maximum absolute atomic E-state index is 11.7. The average Bonchev–Trinajstić information content (AvgIpc) is 2.22. The topological polar surface area (TPSA) is 78.9 Å². The first-order chi connectivity index (χ1) is 7.44. The minimum atomic E-state index is -3.45. The van der Waals surface area contributed by atoms with Gasteiger partial charge >= 0.3 is 0 Å². The van der Waals surface area contributed by atoms with Crippen LogP contribution >= 0.6 is 0 Å². The van der Waals surface area contributed by atoms with Crippen LogP contribution < -0.4 is 4.72 Å². The summed E-state index contributed by atoms with van der Waals surface area (Å²) in [5.41, 5.74) is 0. The fraction of sp³-hybridized carbons (Fsp3) is 1.00. The van der Waals surface area contributed by atoms with Crippen LogP contribution in [0.3, 0.4) is 0 Å². The lowest BCUT2D eigenvalue weighted by Gasteiger charge is -2.20. The summed E-state index contributed by atoms with van der Waals surface area (Å²) in [6, 6.07) is -0.165. The second-order valence-electron chi connectivity index (χ2n) is 3.70. The molecule has 6 nitrogen and oxygen atoms in total. The van der Waals surface area contributed by atoms with Crippen molar-refractivity contribution >= 4 is 10.2 Å². The summed E-state index contributed by atoms with van der Waals surface area (Å²) in [5, 5.41) is 8.62. The van der Waals surface area contributed by atoms with Gasteiger partial charge in [-0.15, -0.1) is 0 Å². The third-order valence-electron chi connectivity index (χ3n) is 2.15. The number of aliphatic hydroxyl groups excluding tert-OH is 1. The normalized spacial score (nSPS) is 14.3. The smallest absolute Gasteiger partial charge is 0.279 e. The third kappa shape index (κ3) is 6.39. The second-order valence-corrected chi connectivity index (χ2v) is 5.51. The van der Waals surface area contributed by atoms with Gasteiger partial charge in [-0.25, -0.2) is 0 Å². The van der Waals surface area contributed by atoms with Gasteiger partial charge in [0, 0.05) is 40.0 Å². The van der Waals surface area contributed by atoms with Crippen molar-refractivity contribution in [2.75, 3.05) is 33.9 Å². The molecule has 0 aromatic rings. The van der Waals surface area contributed by atoms with E-state index in [0.717, 1.165) is 0 Å². The number of hydrogen-bond acceptors (Lipinski definition) is 4. The van der Waals surface area contributed by atoms with Crippen molar-refractivity contribution in [2.24, 2.45) is 0 Å². The number of hydrogen-bond donors (Lipinski definition) is 2. The van der Waals surface area contributed by atoms with E-state index in [-0.39, 0.29) is 12.6 Å². The molecule has 2 N–H and O–H groups in total. The van der Waals surface area contributed by atoms with E-state index in [0.29, 0.717) is 26.0 Å². The Bertz CT molecular complexity index is 269. The summed E-state index contributed by atoms with van der Waals surface area (Å²) in [6.07, 6.45) is 1.06. The zero-order valence-electron chi connectivity index (χ0n) is 10.1. The zero-order valence-corrected chi connectivity index (χ0v) is 11.0. The molecule has 0 saturated heterocycles. The lowest BCUT2D eigenvalue weighted by atomic mass is 10.3. The minimum absolute atomic E-state index is 0.0148. The van der Waals surface area contributed by atoms with Gasteiger partial charge in [0.15, 0.2) is 0 Å². The Morgan fingerprint density at radius 2 is 2.12 bits per heavy atom. The quantitative estimate of drug-likeness (QED) is 0.585. The van der Waals surface area contributed by atoms with Crippen LogP contribution in [0.1, 0.15) is 19.8 Å². The Kier molecular flexibility index (Phi) is 7.86. The van der Waals surface area contributed by atoms with Crippen molar-refractivity contribution in [1.82, 2.24) is 9.03 Å². The molecular weight excluding hydrogens is 232 g/mol. The lowest BCUT2D eigenvalue weighted by Crippen LogP contribution is -2.43. The first-order valence-corrected chi connectivity index (χ1v) is 6.71. The maximum atomic E-state index is 11.7. The molecule has 16 heavy (non-hydrogen) atoms. The van der Waals surface area contributed by atoms with Crippen LogP contribution in [0.15, 0.2) is 0 Å². The predicted molar refractivity (Wildman–Crippen MR) is 62.3 cm³/mol. The molecular formula is C9H22N2O4S. The van der Waals surface area contributed by atoms with Gasteiger partial charge in [0.25, 0.3) is 10.2 Å². The van der Waals surface area contributed by atoms with Gasteiger partial charge in [-0.1, -0.05) is 0 Å². The minimum Gasteiger partial charge on any atom is -0.396 e. The number of methoxy groups -OCH3 is 1. The summed E-state index contributed by atoms with van der Waals surface area (Å²) in [7, 11) is -0.380. The van der Waals surface area contributed by atoms with Crippen LogP contribution in [0, 0.1) is 0 Å². The molecule has 0 heterocycles. The molecule has 0 amide bonds. The fourth-order valence-corrected chi connectivity index (χ4v) is 2.29. The van der Waals surface area contributed by atoms with Gasteiger partial charge in [0.2, 0.25) is 0 Å². The van der Waals surface area contributed by atoms with E-state index in [2.05, 4.69) is 4.72 Å². The number of rotatable bonds is 9. The highest BCUT2D eigenvalue weighted by Gasteiger charge is 2.19. The highest BCUT2D eigenvalue weighted by atomic mass is 32.2. The zero-order chi connectivity index (χ0) is 12.6. The predicted octanol–water partition coefficient (Wildman–Crippen LogP) is -0.440. The van der Waals surface area contributed by atoms with Crippen LogP contribution in [0.25, 0.3) is 0 Å². The van der Waals surface area contributed by atoms with Crippen molar-refractivity contribution in [3.8, 4) is 0 Å². The fourth-order valence-electron chi connectivity index (χ4n) is 1.11. The molecule has 1 atom stereocenters. The molecule has 0 radical (unpaired) electrons. The Morgan fingerprint density at radius 3 is 2.62 bits per heavy atom. The van der Waals surface area contributed by atoms with Crippen molar-refractivity contribution < 1.29 is 18.3 Å². The van der Waals surface area contributed by atoms with Gasteiger partial charge in [0.05, 0.1) is 0 Å². The van der Waals surface area contributed by atoms with Gasteiger partial charge in [-0.05, 0) is 19.8 Å². The number of nitrogens with zero attached hydrogens (tertiary/aromatic N) is 1. The molecule has 0 fully saturated rings. The Balaban J connectivity index is 4.11. The summed E-state index contributed by atoms with van der Waals surface area (Å²) in [6.45, 7) is 2.60. The van der Waals surface area contributed by atoms with Crippen LogP contribution in [0.4, 0.5) is 0 Å². The number of nitrogens with one attached hydrogen (secondary N) is 1. The van der Waals surface area contributed by atoms with Crippen molar-refractivity contribution in [2.45, 2.75) is 25.8 Å². The van der Waals surface area contributed by atoms with Crippen molar-refractivity contribution in [3.05, 3.63) is 0 Å². The molecule has 7 heteroatoms. The number of aliphatic hydroxyl groups is 1. The van der Waals surface area contributed by atoms with Gasteiger partial charge in [0.1, 0.15) is 0 Å². The van der Waals surface area contributed by atoms with Crippen molar-refractivity contribution in [3.63, 3.8) is 0 Å². The van der Waals surface area contributed by atoms with Gasteiger partial charge in [-0.3, -0.25) is 0 Å². The molecule has 0 aliphatic heterocycles. The maximum Gasteiger partial charge on any atom is 0.279 e. The van der Waals surface area contributed by atoms with Crippen LogP contribution in [0.2, 0.25) is 0 Å². The van der Waals surface area contributed by atoms with E-state index in [1.807, 2.05) is 0 Å². The first kappa shape index (κ1) is 15.8. The summed E-state index contributed by atoms with van der Waals surface area (Å²) < 4.78 is 32.0. The van der Waals surface area contributed by atoms with E-state index in [4.69, 9.17) is 9.84 Å². The van der Waals surface area contributed by atoms with Crippen molar-refractivity contribution in [1.29, 1.82) is 0 Å². The van der Waals surface area contributed by atoms with Gasteiger partial charge in [-0.2, -0.15) is 17.4 Å². The van der Waals surface area contributed by atoms with E-state index < -0.39 is 10.2 Å². The Labute approximate surface area is 97.8 Å². The highest BCUT2D eigenvalue weighted by molar-refractivity contribution is 7.87. The monoisotopic (exact) mass is 254 g/mol. The molecule has 0 aromatic heterocycles. The van der Waals surface area contributed by atoms with E-state index >= 15 is 0 Å². The molecule has 0 saturated carbocycles. The van der Waals surface area contributed by atoms with Crippen LogP contribution in [-0.4, -0.2) is 57.8 Å². The largest absolute Gasteiger partial charge is 0.396 e. The first-order valence-electron chi connectivity index (χ1n) is 5.27. The molecule has 0 rings (SSSR count). The SMILES string of the molecule is COCCC(C)NS(=O)(=O)N(C)CCCO. The van der Waals surface area contributed by atoms with Crippen LogP contribution in [0.5, 0.6) is 0 Å². The lowest BCUT2D eigenvalue weighted by molar-refractivity contribution is 0.187. The average molecular weight is 254 g/mol. The second kappa shape index (κ2) is 7.97. The Hall–Kier alpha value is -0.210. The van der Waals surface area contributed by atoms with E-state index in [1.165, 1.54) is 11.4 Å². The molecule has 0 spiro atoms. The summed E-state index contributed by atoms with van der Waals surface area (Å²) in [5.74, 6) is 0. The summed E-state index contributed by atoms with van der Waals surface area (Å²) >= 11 is 0. The molecule has 0 aromatic carbocycles. The molecule has 0 bridgehead atoms. The van der Waals surface area contributed by atoms with Gasteiger partial charge < -0.3 is 9.84 Å². The van der Waals surface area contributed by atoms with E-state index in [1.54, 1.807) is 14.0 Å². The Morgan fingerprint density at radius 1 is 1.50 bits per heavy atom. The van der Waals surface area contributed by atoms with E-state index in [9.17, 15) is 8.42 Å². The number of ether oxygens (including phenoxy) is 1. The highest BCUT2D eigenvalue weighted by Crippen LogP contribution is 2.00. The standard InChI is InChI=1S/C9H22N2O4S/c1-9(5-8-15-3)10-16(13,14)11(2)6-4-7-12/h9-10,12H,4-8H2,1-3H3. The summed E-state index contributed by atoms with van der Waals surface area (Å²) in [4.78, 5) is 0. The molecule has 0 aliphatic carbocycles.